The molecule has 0 radical (unpaired) electrons. The molecule has 2 atom stereocenters. The predicted molar refractivity (Wildman–Crippen MR) is 78.8 cm³/mol. The molecule has 1 aromatic heterocycles. The van der Waals surface area contributed by atoms with E-state index in [0.29, 0.717) is 13.0 Å². The van der Waals surface area contributed by atoms with Crippen LogP contribution in [0.25, 0.3) is 0 Å². The van der Waals surface area contributed by atoms with Crippen molar-refractivity contribution in [3.05, 3.63) is 28.5 Å². The van der Waals surface area contributed by atoms with Crippen LogP contribution in [-0.4, -0.2) is 33.3 Å². The lowest BCUT2D eigenvalue weighted by atomic mass is 9.92. The lowest BCUT2D eigenvalue weighted by Crippen LogP contribution is -2.68. The first-order valence-corrected chi connectivity index (χ1v) is 7.39. The van der Waals surface area contributed by atoms with Gasteiger partial charge >= 0.3 is 0 Å². The van der Waals surface area contributed by atoms with Crippen LogP contribution in [0, 0.1) is 0 Å². The summed E-state index contributed by atoms with van der Waals surface area (Å²) < 4.78 is 0.856. The minimum Gasteiger partial charge on any atom is -0.340 e. The molecule has 5 nitrogen and oxygen atoms in total. The molecule has 2 unspecified atom stereocenters. The second-order valence-electron chi connectivity index (χ2n) is 5.30. The zero-order valence-electron chi connectivity index (χ0n) is 11.8. The molecule has 108 valence electrons. The van der Waals surface area contributed by atoms with Crippen molar-refractivity contribution in [3.8, 4) is 0 Å². The second-order valence-corrected chi connectivity index (χ2v) is 6.21. The van der Waals surface area contributed by atoms with Crippen LogP contribution in [0.5, 0.6) is 0 Å². The summed E-state index contributed by atoms with van der Waals surface area (Å²) in [5.41, 5.74) is 0.0796. The fourth-order valence-electron chi connectivity index (χ4n) is 2.25. The molecule has 1 aromatic rings. The van der Waals surface area contributed by atoms with Gasteiger partial charge in [0.1, 0.15) is 11.6 Å². The molecule has 2 rings (SSSR count). The van der Waals surface area contributed by atoms with Crippen molar-refractivity contribution < 1.29 is 9.59 Å². The molecule has 1 fully saturated rings. The normalized spacial score (nSPS) is 26.6. The average Bonchev–Trinajstić information content (AvgIpc) is 2.41. The summed E-state index contributed by atoms with van der Waals surface area (Å²) in [5.74, 6) is -0.163. The van der Waals surface area contributed by atoms with Crippen LogP contribution in [0.4, 0.5) is 0 Å². The SMILES string of the molecule is CCC1(C)NC(=O)C(C)N(Cc2cncc(Br)c2)C1=O. The molecule has 1 aliphatic rings. The molecule has 2 heterocycles. The molecular formula is C14H18BrN3O2. The first-order chi connectivity index (χ1) is 9.37. The van der Waals surface area contributed by atoms with Gasteiger partial charge in [-0.05, 0) is 47.8 Å². The van der Waals surface area contributed by atoms with Gasteiger partial charge in [0, 0.05) is 23.4 Å². The third kappa shape index (κ3) is 2.70. The Bertz CT molecular complexity index is 549. The highest BCUT2D eigenvalue weighted by Crippen LogP contribution is 2.23. The van der Waals surface area contributed by atoms with E-state index in [1.54, 1.807) is 31.1 Å². The second kappa shape index (κ2) is 5.52. The maximum absolute atomic E-state index is 12.6. The molecule has 2 amide bonds. The fourth-order valence-corrected chi connectivity index (χ4v) is 2.66. The summed E-state index contributed by atoms with van der Waals surface area (Å²) in [5, 5.41) is 2.81. The van der Waals surface area contributed by atoms with Crippen molar-refractivity contribution >= 4 is 27.7 Å². The van der Waals surface area contributed by atoms with Gasteiger partial charge in [-0.2, -0.15) is 0 Å². The molecule has 0 aliphatic carbocycles. The van der Waals surface area contributed by atoms with E-state index in [0.717, 1.165) is 10.0 Å². The van der Waals surface area contributed by atoms with E-state index >= 15 is 0 Å². The number of nitrogens with zero attached hydrogens (tertiary/aromatic N) is 2. The quantitative estimate of drug-likeness (QED) is 0.914. The van der Waals surface area contributed by atoms with Crippen molar-refractivity contribution in [2.45, 2.75) is 45.3 Å². The summed E-state index contributed by atoms with van der Waals surface area (Å²) in [4.78, 5) is 30.4. The van der Waals surface area contributed by atoms with Gasteiger partial charge in [0.15, 0.2) is 0 Å². The zero-order chi connectivity index (χ0) is 14.9. The number of pyridine rings is 1. The number of piperazine rings is 1. The summed E-state index contributed by atoms with van der Waals surface area (Å²) in [6, 6.07) is 1.43. The van der Waals surface area contributed by atoms with E-state index in [4.69, 9.17) is 0 Å². The maximum atomic E-state index is 12.6. The molecule has 0 aromatic carbocycles. The standard InChI is InChI=1S/C14H18BrN3O2/c1-4-14(3)13(20)18(9(2)12(19)17-14)8-10-5-11(15)7-16-6-10/h5-7,9H,4,8H2,1-3H3,(H,17,19). The number of hydrogen-bond acceptors (Lipinski definition) is 3. The Hall–Kier alpha value is -1.43. The van der Waals surface area contributed by atoms with Crippen LogP contribution < -0.4 is 5.32 Å². The molecule has 1 saturated heterocycles. The predicted octanol–water partition coefficient (Wildman–Crippen LogP) is 1.86. The van der Waals surface area contributed by atoms with Crippen LogP contribution in [0.3, 0.4) is 0 Å². The van der Waals surface area contributed by atoms with Crippen LogP contribution >= 0.6 is 15.9 Å². The summed E-state index contributed by atoms with van der Waals surface area (Å²) in [6.07, 6.45) is 3.96. The third-order valence-electron chi connectivity index (χ3n) is 3.80. The van der Waals surface area contributed by atoms with Crippen molar-refractivity contribution in [1.29, 1.82) is 0 Å². The van der Waals surface area contributed by atoms with Crippen LogP contribution in [-0.2, 0) is 16.1 Å². The maximum Gasteiger partial charge on any atom is 0.249 e. The molecule has 20 heavy (non-hydrogen) atoms. The van der Waals surface area contributed by atoms with E-state index in [1.807, 2.05) is 13.0 Å². The van der Waals surface area contributed by atoms with Crippen LogP contribution in [0.2, 0.25) is 0 Å². The number of carbonyl (C=O) groups excluding carboxylic acids is 2. The Labute approximate surface area is 126 Å². The van der Waals surface area contributed by atoms with Gasteiger partial charge in [0.2, 0.25) is 11.8 Å². The number of carbonyl (C=O) groups is 2. The molecule has 1 aliphatic heterocycles. The van der Waals surface area contributed by atoms with Crippen molar-refractivity contribution in [2.75, 3.05) is 0 Å². The van der Waals surface area contributed by atoms with Gasteiger partial charge in [-0.1, -0.05) is 6.92 Å². The van der Waals surface area contributed by atoms with Crippen molar-refractivity contribution in [2.24, 2.45) is 0 Å². The van der Waals surface area contributed by atoms with Gasteiger partial charge in [0.25, 0.3) is 0 Å². The summed E-state index contributed by atoms with van der Waals surface area (Å²) >= 11 is 3.36. The highest BCUT2D eigenvalue weighted by molar-refractivity contribution is 9.10. The van der Waals surface area contributed by atoms with E-state index < -0.39 is 11.6 Å². The Morgan fingerprint density at radius 2 is 2.15 bits per heavy atom. The summed E-state index contributed by atoms with van der Waals surface area (Å²) in [7, 11) is 0. The molecule has 0 bridgehead atoms. The van der Waals surface area contributed by atoms with Gasteiger partial charge in [-0.3, -0.25) is 14.6 Å². The zero-order valence-corrected chi connectivity index (χ0v) is 13.4. The topological polar surface area (TPSA) is 62.3 Å². The van der Waals surface area contributed by atoms with Gasteiger partial charge < -0.3 is 10.2 Å². The van der Waals surface area contributed by atoms with E-state index in [9.17, 15) is 9.59 Å². The Balaban J connectivity index is 2.28. The number of halogens is 1. The highest BCUT2D eigenvalue weighted by Gasteiger charge is 2.45. The van der Waals surface area contributed by atoms with Crippen molar-refractivity contribution in [3.63, 3.8) is 0 Å². The minimum atomic E-state index is -0.816. The van der Waals surface area contributed by atoms with Gasteiger partial charge in [0.05, 0.1) is 0 Å². The Morgan fingerprint density at radius 3 is 2.75 bits per heavy atom. The average molecular weight is 340 g/mol. The summed E-state index contributed by atoms with van der Waals surface area (Å²) in [6.45, 7) is 5.79. The number of aromatic nitrogens is 1. The first-order valence-electron chi connectivity index (χ1n) is 6.60. The number of rotatable bonds is 3. The monoisotopic (exact) mass is 339 g/mol. The first kappa shape index (κ1) is 15.0. The lowest BCUT2D eigenvalue weighted by Gasteiger charge is -2.43. The van der Waals surface area contributed by atoms with Crippen LogP contribution in [0.1, 0.15) is 32.8 Å². The van der Waals surface area contributed by atoms with E-state index in [1.165, 1.54) is 0 Å². The largest absolute Gasteiger partial charge is 0.340 e. The number of hydrogen-bond donors (Lipinski definition) is 1. The fraction of sp³-hybridized carbons (Fsp3) is 0.500. The molecule has 6 heteroatoms. The van der Waals surface area contributed by atoms with Gasteiger partial charge in [-0.15, -0.1) is 0 Å². The third-order valence-corrected chi connectivity index (χ3v) is 4.23. The Kier molecular flexibility index (Phi) is 4.13. The molecular weight excluding hydrogens is 322 g/mol. The van der Waals surface area contributed by atoms with Gasteiger partial charge in [-0.25, -0.2) is 0 Å². The molecule has 0 saturated carbocycles. The molecule has 1 N–H and O–H groups in total. The van der Waals surface area contributed by atoms with E-state index in [2.05, 4.69) is 26.2 Å². The highest BCUT2D eigenvalue weighted by atomic mass is 79.9. The van der Waals surface area contributed by atoms with Crippen LogP contribution in [0.15, 0.2) is 22.9 Å². The molecule has 0 spiro atoms. The Morgan fingerprint density at radius 1 is 1.45 bits per heavy atom. The van der Waals surface area contributed by atoms with Crippen molar-refractivity contribution in [1.82, 2.24) is 15.2 Å². The number of nitrogens with one attached hydrogen (secondary N) is 1. The number of amides is 2. The smallest absolute Gasteiger partial charge is 0.249 e. The lowest BCUT2D eigenvalue weighted by molar-refractivity contribution is -0.154. The minimum absolute atomic E-state index is 0.0490. The van der Waals surface area contributed by atoms with E-state index in [-0.39, 0.29) is 11.8 Å².